The number of urea groups is 1. The van der Waals surface area contributed by atoms with Crippen molar-refractivity contribution in [3.05, 3.63) is 53.6 Å². The zero-order valence-corrected chi connectivity index (χ0v) is 19.1. The number of halogens is 2. The second kappa shape index (κ2) is 11.6. The summed E-state index contributed by atoms with van der Waals surface area (Å²) in [5, 5.41) is 7.95. The summed E-state index contributed by atoms with van der Waals surface area (Å²) in [5.74, 6) is -1.81. The van der Waals surface area contributed by atoms with Crippen LogP contribution in [0.2, 0.25) is 0 Å². The Kier molecular flexibility index (Phi) is 8.59. The zero-order valence-electron chi connectivity index (χ0n) is 19.1. The molecule has 1 aliphatic heterocycles. The van der Waals surface area contributed by atoms with Crippen LogP contribution in [0.1, 0.15) is 37.0 Å². The topological polar surface area (TPSA) is 76.7 Å². The van der Waals surface area contributed by atoms with Crippen molar-refractivity contribution in [2.75, 3.05) is 54.8 Å². The number of amides is 3. The van der Waals surface area contributed by atoms with Gasteiger partial charge in [0, 0.05) is 43.6 Å². The lowest BCUT2D eigenvalue weighted by Crippen LogP contribution is -2.35. The maximum Gasteiger partial charge on any atom is 0.323 e. The average molecular weight is 460 g/mol. The van der Waals surface area contributed by atoms with Crippen LogP contribution in [0.15, 0.2) is 36.4 Å². The fourth-order valence-corrected chi connectivity index (χ4v) is 3.87. The summed E-state index contributed by atoms with van der Waals surface area (Å²) in [6, 6.07) is 7.36. The van der Waals surface area contributed by atoms with Gasteiger partial charge in [-0.1, -0.05) is 13.8 Å². The molecule has 0 aromatic heterocycles. The van der Waals surface area contributed by atoms with Crippen LogP contribution in [0.25, 0.3) is 0 Å². The smallest absolute Gasteiger partial charge is 0.323 e. The van der Waals surface area contributed by atoms with Crippen LogP contribution < -0.4 is 20.9 Å². The van der Waals surface area contributed by atoms with Crippen LogP contribution in [0.5, 0.6) is 0 Å². The molecule has 1 aliphatic rings. The number of likely N-dealkylation sites (N-methyl/N-ethyl adjacent to an activating group) is 1. The van der Waals surface area contributed by atoms with Crippen LogP contribution in [-0.4, -0.2) is 56.1 Å². The minimum atomic E-state index is -0.872. The number of hydrogen-bond acceptors (Lipinski definition) is 4. The predicted molar refractivity (Wildman–Crippen MR) is 127 cm³/mol. The maximum absolute atomic E-state index is 13.8. The number of hydrogen-bond donors (Lipinski definition) is 3. The molecule has 1 heterocycles. The molecule has 2 aromatic carbocycles. The standard InChI is InChI=1S/C24H31F2N5O2/c1-3-30(4-2)14-11-27-23(32)19-16-18(8-10-22(19)31-12-5-6-13-31)28-24(33)29-21-9-7-17(25)15-20(21)26/h7-10,15-16H,3-6,11-14H2,1-2H3,(H,27,32)(H2,28,29,33). The molecule has 2 aromatic rings. The number of carbonyl (C=O) groups excluding carboxylic acids is 2. The molecule has 0 bridgehead atoms. The van der Waals surface area contributed by atoms with E-state index in [0.29, 0.717) is 23.9 Å². The van der Waals surface area contributed by atoms with Crippen molar-refractivity contribution in [1.29, 1.82) is 0 Å². The molecule has 0 spiro atoms. The lowest BCUT2D eigenvalue weighted by Gasteiger charge is -2.23. The van der Waals surface area contributed by atoms with Crippen LogP contribution in [0, 0.1) is 11.6 Å². The van der Waals surface area contributed by atoms with Crippen molar-refractivity contribution in [3.63, 3.8) is 0 Å². The van der Waals surface area contributed by atoms with E-state index >= 15 is 0 Å². The van der Waals surface area contributed by atoms with Gasteiger partial charge in [-0.05, 0) is 56.3 Å². The molecular formula is C24H31F2N5O2. The van der Waals surface area contributed by atoms with Crippen LogP contribution in [-0.2, 0) is 0 Å². The summed E-state index contributed by atoms with van der Waals surface area (Å²) in [5.41, 5.74) is 1.55. The first kappa shape index (κ1) is 24.4. The van der Waals surface area contributed by atoms with Crippen LogP contribution in [0.3, 0.4) is 0 Å². The van der Waals surface area contributed by atoms with E-state index in [1.165, 1.54) is 0 Å². The van der Waals surface area contributed by atoms with Gasteiger partial charge in [0.2, 0.25) is 0 Å². The van der Waals surface area contributed by atoms with E-state index < -0.39 is 17.7 Å². The summed E-state index contributed by atoms with van der Waals surface area (Å²) in [6.45, 7) is 8.99. The van der Waals surface area contributed by atoms with E-state index in [1.807, 2.05) is 6.07 Å². The Morgan fingerprint density at radius 3 is 2.39 bits per heavy atom. The molecule has 0 saturated carbocycles. The maximum atomic E-state index is 13.8. The lowest BCUT2D eigenvalue weighted by molar-refractivity contribution is 0.0949. The number of nitrogens with one attached hydrogen (secondary N) is 3. The highest BCUT2D eigenvalue weighted by Gasteiger charge is 2.20. The highest BCUT2D eigenvalue weighted by molar-refractivity contribution is 6.04. The number of benzene rings is 2. The Hall–Kier alpha value is -3.20. The Morgan fingerprint density at radius 2 is 1.73 bits per heavy atom. The second-order valence-electron chi connectivity index (χ2n) is 7.91. The van der Waals surface area contributed by atoms with Gasteiger partial charge in [-0.2, -0.15) is 0 Å². The third-order valence-corrected chi connectivity index (χ3v) is 5.73. The quantitative estimate of drug-likeness (QED) is 0.523. The van der Waals surface area contributed by atoms with Gasteiger partial charge in [-0.15, -0.1) is 0 Å². The minimum absolute atomic E-state index is 0.142. The molecule has 1 saturated heterocycles. The van der Waals surface area contributed by atoms with Crippen molar-refractivity contribution in [2.45, 2.75) is 26.7 Å². The molecule has 178 valence electrons. The van der Waals surface area contributed by atoms with Gasteiger partial charge >= 0.3 is 6.03 Å². The molecular weight excluding hydrogens is 428 g/mol. The molecule has 0 aliphatic carbocycles. The van der Waals surface area contributed by atoms with Crippen molar-refractivity contribution >= 4 is 29.0 Å². The van der Waals surface area contributed by atoms with Crippen molar-refractivity contribution in [2.24, 2.45) is 0 Å². The largest absolute Gasteiger partial charge is 0.371 e. The van der Waals surface area contributed by atoms with E-state index in [2.05, 4.69) is 39.6 Å². The van der Waals surface area contributed by atoms with Gasteiger partial charge in [0.1, 0.15) is 11.6 Å². The number of rotatable bonds is 9. The Morgan fingerprint density at radius 1 is 1.00 bits per heavy atom. The molecule has 0 unspecified atom stereocenters. The highest BCUT2D eigenvalue weighted by Crippen LogP contribution is 2.28. The van der Waals surface area contributed by atoms with Crippen LogP contribution in [0.4, 0.5) is 30.6 Å². The highest BCUT2D eigenvalue weighted by atomic mass is 19.1. The third kappa shape index (κ3) is 6.64. The first-order valence-corrected chi connectivity index (χ1v) is 11.3. The Bertz CT molecular complexity index is 975. The summed E-state index contributed by atoms with van der Waals surface area (Å²) >= 11 is 0. The number of nitrogens with zero attached hydrogens (tertiary/aromatic N) is 2. The molecule has 7 nitrogen and oxygen atoms in total. The van der Waals surface area contributed by atoms with E-state index in [9.17, 15) is 18.4 Å². The van der Waals surface area contributed by atoms with E-state index in [0.717, 1.165) is 63.4 Å². The van der Waals surface area contributed by atoms with E-state index in [1.54, 1.807) is 12.1 Å². The van der Waals surface area contributed by atoms with Gasteiger partial charge in [0.05, 0.1) is 11.3 Å². The average Bonchev–Trinajstić information content (AvgIpc) is 3.33. The molecule has 33 heavy (non-hydrogen) atoms. The van der Waals surface area contributed by atoms with Crippen molar-refractivity contribution in [3.8, 4) is 0 Å². The summed E-state index contributed by atoms with van der Waals surface area (Å²) in [7, 11) is 0. The third-order valence-electron chi connectivity index (χ3n) is 5.73. The van der Waals surface area contributed by atoms with Gasteiger partial charge in [-0.25, -0.2) is 13.6 Å². The molecule has 9 heteroatoms. The summed E-state index contributed by atoms with van der Waals surface area (Å²) in [4.78, 5) is 29.8. The number of carbonyl (C=O) groups is 2. The van der Waals surface area contributed by atoms with E-state index in [4.69, 9.17) is 0 Å². The van der Waals surface area contributed by atoms with Gasteiger partial charge in [0.25, 0.3) is 5.91 Å². The number of anilines is 3. The van der Waals surface area contributed by atoms with Crippen molar-refractivity contribution in [1.82, 2.24) is 10.2 Å². The molecule has 1 fully saturated rings. The normalized spacial score (nSPS) is 13.3. The summed E-state index contributed by atoms with van der Waals surface area (Å²) in [6.07, 6.45) is 2.13. The summed E-state index contributed by atoms with van der Waals surface area (Å²) < 4.78 is 26.9. The van der Waals surface area contributed by atoms with E-state index in [-0.39, 0.29) is 11.6 Å². The van der Waals surface area contributed by atoms with Crippen molar-refractivity contribution < 1.29 is 18.4 Å². The molecule has 3 rings (SSSR count). The minimum Gasteiger partial charge on any atom is -0.371 e. The second-order valence-corrected chi connectivity index (χ2v) is 7.91. The van der Waals surface area contributed by atoms with Crippen LogP contribution >= 0.6 is 0 Å². The Labute approximate surface area is 193 Å². The molecule has 0 atom stereocenters. The Balaban J connectivity index is 1.73. The van der Waals surface area contributed by atoms with Gasteiger partial charge in [-0.3, -0.25) is 4.79 Å². The lowest BCUT2D eigenvalue weighted by atomic mass is 10.1. The predicted octanol–water partition coefficient (Wildman–Crippen LogP) is 4.28. The zero-order chi connectivity index (χ0) is 23.8. The first-order valence-electron chi connectivity index (χ1n) is 11.3. The molecule has 0 radical (unpaired) electrons. The first-order chi connectivity index (χ1) is 15.9. The monoisotopic (exact) mass is 459 g/mol. The fourth-order valence-electron chi connectivity index (χ4n) is 3.87. The molecule has 3 amide bonds. The fraction of sp³-hybridized carbons (Fsp3) is 0.417. The molecule has 3 N–H and O–H groups in total. The van der Waals surface area contributed by atoms with Gasteiger partial charge < -0.3 is 25.8 Å². The van der Waals surface area contributed by atoms with Gasteiger partial charge in [0.15, 0.2) is 0 Å². The SMILES string of the molecule is CCN(CC)CCNC(=O)c1cc(NC(=O)Nc2ccc(F)cc2F)ccc1N1CCCC1.